The van der Waals surface area contributed by atoms with E-state index in [1.165, 1.54) is 12.1 Å². The number of para-hydroxylation sites is 3. The van der Waals surface area contributed by atoms with Crippen LogP contribution < -0.4 is 19.9 Å². The molecule has 0 radical (unpaired) electrons. The molecular weight excluding hydrogens is 261 g/mol. The highest BCUT2D eigenvalue weighted by atomic mass is 19.1. The molecule has 5 heteroatoms. The van der Waals surface area contributed by atoms with Crippen LogP contribution in [-0.2, 0) is 0 Å². The molecule has 2 N–H and O–H groups in total. The van der Waals surface area contributed by atoms with Crippen LogP contribution >= 0.6 is 0 Å². The van der Waals surface area contributed by atoms with E-state index in [0.717, 1.165) is 0 Å². The van der Waals surface area contributed by atoms with E-state index in [4.69, 9.17) is 19.9 Å². The summed E-state index contributed by atoms with van der Waals surface area (Å²) in [4.78, 5) is 0. The number of halogens is 1. The van der Waals surface area contributed by atoms with Gasteiger partial charge in [0.25, 0.3) is 0 Å². The normalized spacial score (nSPS) is 10.1. The third kappa shape index (κ3) is 3.32. The van der Waals surface area contributed by atoms with Crippen molar-refractivity contribution in [2.45, 2.75) is 0 Å². The maximum atomic E-state index is 13.5. The molecule has 0 unspecified atom stereocenters. The van der Waals surface area contributed by atoms with Crippen molar-refractivity contribution in [1.29, 1.82) is 0 Å². The average molecular weight is 277 g/mol. The molecule has 0 spiro atoms. The van der Waals surface area contributed by atoms with E-state index in [-0.39, 0.29) is 24.7 Å². The number of hydrogen-bond acceptors (Lipinski definition) is 4. The molecule has 2 aromatic carbocycles. The summed E-state index contributed by atoms with van der Waals surface area (Å²) in [6, 6.07) is 11.7. The fourth-order valence-corrected chi connectivity index (χ4v) is 1.71. The van der Waals surface area contributed by atoms with Gasteiger partial charge in [-0.15, -0.1) is 0 Å². The minimum absolute atomic E-state index is 0.0520. The first-order valence-electron chi connectivity index (χ1n) is 6.15. The summed E-state index contributed by atoms with van der Waals surface area (Å²) in [5.41, 5.74) is 5.90. The second-order valence-electron chi connectivity index (χ2n) is 4.01. The van der Waals surface area contributed by atoms with E-state index >= 15 is 0 Å². The predicted molar refractivity (Wildman–Crippen MR) is 74.8 cm³/mol. The van der Waals surface area contributed by atoms with Gasteiger partial charge in [-0.25, -0.2) is 4.39 Å². The molecule has 2 aromatic rings. The Bertz CT molecular complexity index is 555. The third-order valence-corrected chi connectivity index (χ3v) is 2.65. The highest BCUT2D eigenvalue weighted by Crippen LogP contribution is 2.26. The lowest BCUT2D eigenvalue weighted by molar-refractivity contribution is 0.207. The molecule has 0 aliphatic carbocycles. The summed E-state index contributed by atoms with van der Waals surface area (Å²) < 4.78 is 29.4. The quantitative estimate of drug-likeness (QED) is 0.651. The first kappa shape index (κ1) is 14.0. The van der Waals surface area contributed by atoms with Crippen LogP contribution in [0.3, 0.4) is 0 Å². The van der Waals surface area contributed by atoms with Gasteiger partial charge in [0, 0.05) is 0 Å². The molecule has 0 aromatic heterocycles. The summed E-state index contributed by atoms with van der Waals surface area (Å²) in [5, 5.41) is 0. The summed E-state index contributed by atoms with van der Waals surface area (Å²) in [5.74, 6) is 0.816. The predicted octanol–water partition coefficient (Wildman–Crippen LogP) is 2.87. The largest absolute Gasteiger partial charge is 0.493 e. The molecule has 0 aliphatic rings. The van der Waals surface area contributed by atoms with Gasteiger partial charge in [0.1, 0.15) is 13.2 Å². The Kier molecular flexibility index (Phi) is 4.65. The molecule has 0 fully saturated rings. The van der Waals surface area contributed by atoms with Gasteiger partial charge in [-0.05, 0) is 24.3 Å². The number of nitrogens with two attached hydrogens (primary N) is 1. The lowest BCUT2D eigenvalue weighted by atomic mass is 10.3. The van der Waals surface area contributed by atoms with Crippen molar-refractivity contribution in [3.63, 3.8) is 0 Å². The smallest absolute Gasteiger partial charge is 0.177 e. The Balaban J connectivity index is 1.88. The highest BCUT2D eigenvalue weighted by Gasteiger charge is 2.07. The van der Waals surface area contributed by atoms with Crippen molar-refractivity contribution >= 4 is 5.69 Å². The Morgan fingerprint density at radius 2 is 1.65 bits per heavy atom. The Hall–Kier alpha value is -2.43. The minimum Gasteiger partial charge on any atom is -0.493 e. The molecule has 0 saturated heterocycles. The fourth-order valence-electron chi connectivity index (χ4n) is 1.71. The zero-order valence-electron chi connectivity index (χ0n) is 11.1. The van der Waals surface area contributed by atoms with Crippen LogP contribution in [0, 0.1) is 5.82 Å². The maximum absolute atomic E-state index is 13.5. The Morgan fingerprint density at radius 3 is 2.35 bits per heavy atom. The maximum Gasteiger partial charge on any atom is 0.177 e. The second kappa shape index (κ2) is 6.65. The number of methoxy groups -OCH3 is 1. The van der Waals surface area contributed by atoms with Crippen LogP contribution in [0.5, 0.6) is 17.2 Å². The van der Waals surface area contributed by atoms with Crippen molar-refractivity contribution in [2.75, 3.05) is 26.1 Å². The van der Waals surface area contributed by atoms with Crippen LogP contribution in [0.1, 0.15) is 0 Å². The Morgan fingerprint density at radius 1 is 0.950 bits per heavy atom. The lowest BCUT2D eigenvalue weighted by Gasteiger charge is -2.12. The topological polar surface area (TPSA) is 53.7 Å². The Labute approximate surface area is 116 Å². The van der Waals surface area contributed by atoms with Crippen LogP contribution in [0.25, 0.3) is 0 Å². The number of benzene rings is 2. The zero-order valence-corrected chi connectivity index (χ0v) is 11.1. The van der Waals surface area contributed by atoms with E-state index in [1.807, 2.05) is 12.1 Å². The number of anilines is 1. The lowest BCUT2D eigenvalue weighted by Crippen LogP contribution is -2.11. The SMILES string of the molecule is COc1ccccc1OCCOc1c(N)cccc1F. The molecule has 0 bridgehead atoms. The van der Waals surface area contributed by atoms with Gasteiger partial charge >= 0.3 is 0 Å². The molecule has 0 aliphatic heterocycles. The molecular formula is C15H16FNO3. The van der Waals surface area contributed by atoms with Crippen LogP contribution in [-0.4, -0.2) is 20.3 Å². The molecule has 0 heterocycles. The van der Waals surface area contributed by atoms with Gasteiger partial charge in [0.2, 0.25) is 0 Å². The van der Waals surface area contributed by atoms with Gasteiger partial charge < -0.3 is 19.9 Å². The molecule has 20 heavy (non-hydrogen) atoms. The van der Waals surface area contributed by atoms with E-state index in [1.54, 1.807) is 25.3 Å². The summed E-state index contributed by atoms with van der Waals surface area (Å²) in [7, 11) is 1.57. The van der Waals surface area contributed by atoms with E-state index in [9.17, 15) is 4.39 Å². The standard InChI is InChI=1S/C15H16FNO3/c1-18-13-7-2-3-8-14(13)19-9-10-20-15-11(16)5-4-6-12(15)17/h2-8H,9-10,17H2,1H3. The summed E-state index contributed by atoms with van der Waals surface area (Å²) in [6.07, 6.45) is 0. The van der Waals surface area contributed by atoms with Crippen molar-refractivity contribution in [3.05, 3.63) is 48.3 Å². The number of nitrogen functional groups attached to an aromatic ring is 1. The van der Waals surface area contributed by atoms with E-state index in [2.05, 4.69) is 0 Å². The molecule has 4 nitrogen and oxygen atoms in total. The number of rotatable bonds is 6. The number of hydrogen-bond donors (Lipinski definition) is 1. The molecule has 0 amide bonds. The summed E-state index contributed by atoms with van der Waals surface area (Å²) in [6.45, 7) is 0.442. The summed E-state index contributed by atoms with van der Waals surface area (Å²) >= 11 is 0. The number of ether oxygens (including phenoxy) is 3. The fraction of sp³-hybridized carbons (Fsp3) is 0.200. The van der Waals surface area contributed by atoms with E-state index < -0.39 is 5.82 Å². The van der Waals surface area contributed by atoms with Crippen molar-refractivity contribution < 1.29 is 18.6 Å². The van der Waals surface area contributed by atoms with Gasteiger partial charge in [0.15, 0.2) is 23.1 Å². The molecule has 0 saturated carbocycles. The van der Waals surface area contributed by atoms with Crippen LogP contribution in [0.15, 0.2) is 42.5 Å². The first-order chi connectivity index (χ1) is 9.72. The average Bonchev–Trinajstić information content (AvgIpc) is 2.46. The van der Waals surface area contributed by atoms with Crippen LogP contribution in [0.4, 0.5) is 10.1 Å². The van der Waals surface area contributed by atoms with Gasteiger partial charge in [-0.2, -0.15) is 0 Å². The monoisotopic (exact) mass is 277 g/mol. The van der Waals surface area contributed by atoms with Crippen molar-refractivity contribution in [1.82, 2.24) is 0 Å². The zero-order chi connectivity index (χ0) is 14.4. The van der Waals surface area contributed by atoms with Gasteiger partial charge in [0.05, 0.1) is 12.8 Å². The van der Waals surface area contributed by atoms with E-state index in [0.29, 0.717) is 11.5 Å². The second-order valence-corrected chi connectivity index (χ2v) is 4.01. The molecule has 0 atom stereocenters. The first-order valence-corrected chi connectivity index (χ1v) is 6.15. The molecule has 106 valence electrons. The third-order valence-electron chi connectivity index (χ3n) is 2.65. The minimum atomic E-state index is -0.484. The van der Waals surface area contributed by atoms with Crippen molar-refractivity contribution in [2.24, 2.45) is 0 Å². The highest BCUT2D eigenvalue weighted by molar-refractivity contribution is 5.52. The van der Waals surface area contributed by atoms with Crippen LogP contribution in [0.2, 0.25) is 0 Å². The molecule has 2 rings (SSSR count). The van der Waals surface area contributed by atoms with Gasteiger partial charge in [-0.3, -0.25) is 0 Å². The van der Waals surface area contributed by atoms with Gasteiger partial charge in [-0.1, -0.05) is 18.2 Å². The van der Waals surface area contributed by atoms with Crippen molar-refractivity contribution in [3.8, 4) is 17.2 Å².